The van der Waals surface area contributed by atoms with Crippen molar-refractivity contribution in [2.45, 2.75) is 0 Å². The van der Waals surface area contributed by atoms with E-state index in [1.807, 2.05) is 0 Å². The molecule has 6 nitrogen and oxygen atoms in total. The summed E-state index contributed by atoms with van der Waals surface area (Å²) in [6, 6.07) is 9.81. The topological polar surface area (TPSA) is 91.9 Å². The molecule has 2 aromatic rings. The molecule has 7 heteroatoms. The molecule has 22 heavy (non-hydrogen) atoms. The van der Waals surface area contributed by atoms with E-state index in [1.54, 1.807) is 36.4 Å². The third-order valence-electron chi connectivity index (χ3n) is 2.82. The van der Waals surface area contributed by atoms with Crippen molar-refractivity contribution in [3.8, 4) is 0 Å². The molecule has 0 aliphatic carbocycles. The standard InChI is InChI=1S/C15H10N2O4S/c18-13-12(8-9-4-3-7-21-9)22-15(17-13)16-11-6-2-1-5-10(11)14(19)20/h1-8H,(H,19,20)(H,16,17,18)/b12-8+. The van der Waals surface area contributed by atoms with Crippen LogP contribution in [0.1, 0.15) is 16.1 Å². The Bertz CT molecular complexity index is 794. The average Bonchev–Trinajstić information content (AvgIpc) is 3.10. The second-order valence-electron chi connectivity index (χ2n) is 4.32. The Labute approximate surface area is 129 Å². The lowest BCUT2D eigenvalue weighted by Gasteiger charge is -2.00. The van der Waals surface area contributed by atoms with Crippen LogP contribution in [-0.4, -0.2) is 22.2 Å². The number of thioether (sulfide) groups is 1. The van der Waals surface area contributed by atoms with Gasteiger partial charge < -0.3 is 14.8 Å². The summed E-state index contributed by atoms with van der Waals surface area (Å²) in [5.41, 5.74) is 0.366. The molecule has 0 spiro atoms. The number of carbonyl (C=O) groups excluding carboxylic acids is 1. The highest BCUT2D eigenvalue weighted by molar-refractivity contribution is 8.18. The largest absolute Gasteiger partial charge is 0.478 e. The van der Waals surface area contributed by atoms with Crippen molar-refractivity contribution < 1.29 is 19.1 Å². The van der Waals surface area contributed by atoms with Crippen LogP contribution in [0.2, 0.25) is 0 Å². The van der Waals surface area contributed by atoms with Gasteiger partial charge in [0.15, 0.2) is 5.17 Å². The zero-order chi connectivity index (χ0) is 15.5. The molecule has 1 saturated heterocycles. The molecule has 110 valence electrons. The minimum Gasteiger partial charge on any atom is -0.478 e. The third-order valence-corrected chi connectivity index (χ3v) is 3.73. The lowest BCUT2D eigenvalue weighted by Crippen LogP contribution is -2.19. The van der Waals surface area contributed by atoms with Gasteiger partial charge in [0.25, 0.3) is 5.91 Å². The van der Waals surface area contributed by atoms with Crippen LogP contribution in [0, 0.1) is 0 Å². The summed E-state index contributed by atoms with van der Waals surface area (Å²) >= 11 is 1.13. The first-order valence-electron chi connectivity index (χ1n) is 6.29. The van der Waals surface area contributed by atoms with Crippen molar-refractivity contribution in [1.82, 2.24) is 5.32 Å². The van der Waals surface area contributed by atoms with Gasteiger partial charge in [-0.2, -0.15) is 0 Å². The average molecular weight is 314 g/mol. The van der Waals surface area contributed by atoms with Crippen LogP contribution in [0.4, 0.5) is 5.69 Å². The van der Waals surface area contributed by atoms with E-state index in [0.29, 0.717) is 15.8 Å². The zero-order valence-corrected chi connectivity index (χ0v) is 12.0. The number of amidine groups is 1. The van der Waals surface area contributed by atoms with Crippen LogP contribution in [0.3, 0.4) is 0 Å². The van der Waals surface area contributed by atoms with Gasteiger partial charge in [-0.05, 0) is 36.0 Å². The number of hydrogen-bond acceptors (Lipinski definition) is 5. The number of aromatic carboxylic acids is 1. The number of carboxylic acids is 1. The highest BCUT2D eigenvalue weighted by Gasteiger charge is 2.24. The fraction of sp³-hybridized carbons (Fsp3) is 0. The van der Waals surface area contributed by atoms with Gasteiger partial charge in [0, 0.05) is 6.08 Å². The van der Waals surface area contributed by atoms with Crippen LogP contribution in [0.25, 0.3) is 6.08 Å². The molecule has 2 heterocycles. The summed E-state index contributed by atoms with van der Waals surface area (Å²) in [6.45, 7) is 0. The van der Waals surface area contributed by atoms with Crippen molar-refractivity contribution in [1.29, 1.82) is 0 Å². The second kappa shape index (κ2) is 5.90. The van der Waals surface area contributed by atoms with E-state index < -0.39 is 5.97 Å². The molecule has 2 N–H and O–H groups in total. The van der Waals surface area contributed by atoms with Crippen molar-refractivity contribution in [2.75, 3.05) is 0 Å². The molecule has 1 aromatic carbocycles. The Morgan fingerprint density at radius 3 is 2.82 bits per heavy atom. The lowest BCUT2D eigenvalue weighted by molar-refractivity contribution is -0.115. The maximum Gasteiger partial charge on any atom is 0.337 e. The van der Waals surface area contributed by atoms with E-state index in [9.17, 15) is 9.59 Å². The van der Waals surface area contributed by atoms with E-state index in [0.717, 1.165) is 11.8 Å². The zero-order valence-electron chi connectivity index (χ0n) is 11.1. The number of carbonyl (C=O) groups is 2. The van der Waals surface area contributed by atoms with E-state index in [1.165, 1.54) is 12.3 Å². The van der Waals surface area contributed by atoms with Gasteiger partial charge in [0.1, 0.15) is 5.76 Å². The number of aliphatic imine (C=N–C) groups is 1. The van der Waals surface area contributed by atoms with Crippen molar-refractivity contribution >= 4 is 40.6 Å². The van der Waals surface area contributed by atoms with Crippen molar-refractivity contribution in [3.63, 3.8) is 0 Å². The first kappa shape index (κ1) is 14.2. The van der Waals surface area contributed by atoms with E-state index in [2.05, 4.69) is 10.3 Å². The smallest absolute Gasteiger partial charge is 0.337 e. The Hall–Kier alpha value is -2.80. The molecule has 1 aromatic heterocycles. The molecule has 1 aliphatic rings. The van der Waals surface area contributed by atoms with Gasteiger partial charge in [-0.15, -0.1) is 0 Å². The molecule has 3 rings (SSSR count). The predicted octanol–water partition coefficient (Wildman–Crippen LogP) is 2.87. The molecule has 0 saturated carbocycles. The Balaban J connectivity index is 1.89. The molecular formula is C15H10N2O4S. The summed E-state index contributed by atoms with van der Waals surface area (Å²) in [7, 11) is 0. The number of nitrogens with zero attached hydrogens (tertiary/aromatic N) is 1. The molecular weight excluding hydrogens is 304 g/mol. The first-order valence-corrected chi connectivity index (χ1v) is 7.10. The maximum atomic E-state index is 11.9. The Morgan fingerprint density at radius 2 is 2.09 bits per heavy atom. The van der Waals surface area contributed by atoms with Gasteiger partial charge in [-0.1, -0.05) is 12.1 Å². The number of nitrogens with one attached hydrogen (secondary N) is 1. The van der Waals surface area contributed by atoms with Crippen LogP contribution in [-0.2, 0) is 4.79 Å². The summed E-state index contributed by atoms with van der Waals surface area (Å²) in [6.07, 6.45) is 3.12. The van der Waals surface area contributed by atoms with E-state index in [-0.39, 0.29) is 17.2 Å². The van der Waals surface area contributed by atoms with Gasteiger partial charge in [-0.3, -0.25) is 4.79 Å². The van der Waals surface area contributed by atoms with Crippen LogP contribution in [0.5, 0.6) is 0 Å². The highest BCUT2D eigenvalue weighted by atomic mass is 32.2. The van der Waals surface area contributed by atoms with Crippen molar-refractivity contribution in [3.05, 3.63) is 58.9 Å². The highest BCUT2D eigenvalue weighted by Crippen LogP contribution is 2.29. The summed E-state index contributed by atoms with van der Waals surface area (Å²) in [5, 5.41) is 12.1. The molecule has 0 bridgehead atoms. The molecule has 0 atom stereocenters. The monoisotopic (exact) mass is 314 g/mol. The number of benzene rings is 1. The van der Waals surface area contributed by atoms with Crippen molar-refractivity contribution in [2.24, 2.45) is 4.99 Å². The number of hydrogen-bond donors (Lipinski definition) is 2. The second-order valence-corrected chi connectivity index (χ2v) is 5.35. The van der Waals surface area contributed by atoms with E-state index >= 15 is 0 Å². The SMILES string of the molecule is O=C1NC(=Nc2ccccc2C(=O)O)S/C1=C/c1ccco1. The normalized spacial score (nSPS) is 17.9. The molecule has 1 amide bonds. The maximum absolute atomic E-state index is 11.9. The fourth-order valence-electron chi connectivity index (χ4n) is 1.84. The molecule has 1 fully saturated rings. The predicted molar refractivity (Wildman–Crippen MR) is 82.9 cm³/mol. The van der Waals surface area contributed by atoms with Gasteiger partial charge in [0.05, 0.1) is 22.4 Å². The lowest BCUT2D eigenvalue weighted by atomic mass is 10.2. The quantitative estimate of drug-likeness (QED) is 0.850. The van der Waals surface area contributed by atoms with Crippen LogP contribution in [0.15, 0.2) is 57.0 Å². The fourth-order valence-corrected chi connectivity index (χ4v) is 2.66. The summed E-state index contributed by atoms with van der Waals surface area (Å²) < 4.78 is 5.16. The molecule has 0 unspecified atom stereocenters. The minimum atomic E-state index is -1.07. The third kappa shape index (κ3) is 2.94. The number of furan rings is 1. The Kier molecular flexibility index (Phi) is 3.80. The molecule has 0 radical (unpaired) electrons. The first-order chi connectivity index (χ1) is 10.6. The number of para-hydroxylation sites is 1. The minimum absolute atomic E-state index is 0.0771. The summed E-state index contributed by atoms with van der Waals surface area (Å²) in [4.78, 5) is 27.7. The molecule has 1 aliphatic heterocycles. The van der Waals surface area contributed by atoms with Crippen LogP contribution < -0.4 is 5.32 Å². The van der Waals surface area contributed by atoms with Gasteiger partial charge in [0.2, 0.25) is 0 Å². The summed E-state index contributed by atoms with van der Waals surface area (Å²) in [5.74, 6) is -0.807. The van der Waals surface area contributed by atoms with Crippen LogP contribution >= 0.6 is 11.8 Å². The Morgan fingerprint density at radius 1 is 1.27 bits per heavy atom. The number of carboxylic acid groups (broad SMARTS) is 1. The number of amides is 1. The van der Waals surface area contributed by atoms with E-state index in [4.69, 9.17) is 9.52 Å². The number of rotatable bonds is 3. The van der Waals surface area contributed by atoms with Gasteiger partial charge >= 0.3 is 5.97 Å². The van der Waals surface area contributed by atoms with Gasteiger partial charge in [-0.25, -0.2) is 9.79 Å².